The molecule has 1 atom stereocenters. The quantitative estimate of drug-likeness (QED) is 0.857. The Balaban J connectivity index is 2.73. The number of carbonyl (C=O) groups is 1. The molecule has 1 unspecified atom stereocenters. The summed E-state index contributed by atoms with van der Waals surface area (Å²) >= 11 is 7.28. The van der Waals surface area contributed by atoms with E-state index >= 15 is 0 Å². The van der Waals surface area contributed by atoms with E-state index in [4.69, 9.17) is 16.7 Å². The average Bonchev–Trinajstić information content (AvgIpc) is 2.56. The Hall–Kier alpha value is -0.580. The van der Waals surface area contributed by atoms with Crippen molar-refractivity contribution in [3.8, 4) is 0 Å². The molecule has 0 bridgehead atoms. The molecule has 0 saturated carbocycles. The minimum Gasteiger partial charge on any atom is -0.394 e. The summed E-state index contributed by atoms with van der Waals surface area (Å²) in [7, 11) is 0. The van der Waals surface area contributed by atoms with Crippen molar-refractivity contribution in [2.75, 3.05) is 6.61 Å². The number of thiophene rings is 1. The van der Waals surface area contributed by atoms with Gasteiger partial charge in [-0.3, -0.25) is 4.79 Å². The van der Waals surface area contributed by atoms with E-state index in [0.29, 0.717) is 16.3 Å². The van der Waals surface area contributed by atoms with Gasteiger partial charge in [0.2, 0.25) is 0 Å². The summed E-state index contributed by atoms with van der Waals surface area (Å²) in [6, 6.07) is -0.198. The Morgan fingerprint density at radius 2 is 2.40 bits per heavy atom. The minimum absolute atomic E-state index is 0.0514. The Morgan fingerprint density at radius 3 is 2.80 bits per heavy atom. The third-order valence-electron chi connectivity index (χ3n) is 2.15. The van der Waals surface area contributed by atoms with Crippen molar-refractivity contribution in [1.29, 1.82) is 0 Å². The summed E-state index contributed by atoms with van der Waals surface area (Å²) < 4.78 is 0. The minimum atomic E-state index is -0.209. The van der Waals surface area contributed by atoms with Crippen LogP contribution >= 0.6 is 22.9 Å². The van der Waals surface area contributed by atoms with Gasteiger partial charge in [-0.25, -0.2) is 0 Å². The van der Waals surface area contributed by atoms with Gasteiger partial charge in [0.05, 0.1) is 17.7 Å². The van der Waals surface area contributed by atoms with E-state index in [1.165, 1.54) is 11.3 Å². The predicted octanol–water partition coefficient (Wildman–Crippen LogP) is 2.21. The highest BCUT2D eigenvalue weighted by Crippen LogP contribution is 2.26. The van der Waals surface area contributed by atoms with Gasteiger partial charge >= 0.3 is 0 Å². The number of hydrogen-bond acceptors (Lipinski definition) is 3. The zero-order valence-electron chi connectivity index (χ0n) is 8.71. The maximum absolute atomic E-state index is 11.7. The van der Waals surface area contributed by atoms with E-state index < -0.39 is 0 Å². The first-order valence-electron chi connectivity index (χ1n) is 4.75. The number of carbonyl (C=O) groups excluding carboxylic acids is 1. The molecule has 15 heavy (non-hydrogen) atoms. The Morgan fingerprint density at radius 1 is 1.73 bits per heavy atom. The Kier molecular flexibility index (Phi) is 4.57. The van der Waals surface area contributed by atoms with Crippen molar-refractivity contribution in [1.82, 2.24) is 5.32 Å². The van der Waals surface area contributed by atoms with E-state index in [9.17, 15) is 4.79 Å². The van der Waals surface area contributed by atoms with Gasteiger partial charge in [-0.15, -0.1) is 11.3 Å². The van der Waals surface area contributed by atoms with Gasteiger partial charge < -0.3 is 10.4 Å². The van der Waals surface area contributed by atoms with Crippen molar-refractivity contribution in [2.45, 2.75) is 26.3 Å². The summed E-state index contributed by atoms with van der Waals surface area (Å²) in [5.41, 5.74) is 0.906. The molecular weight excluding hydrogens is 234 g/mol. The fourth-order valence-corrected chi connectivity index (χ4v) is 2.29. The van der Waals surface area contributed by atoms with Gasteiger partial charge in [-0.1, -0.05) is 18.5 Å². The molecule has 0 fully saturated rings. The highest BCUT2D eigenvalue weighted by molar-refractivity contribution is 7.13. The number of aryl methyl sites for hydroxylation is 1. The summed E-state index contributed by atoms with van der Waals surface area (Å²) in [6.07, 6.45) is 0.699. The first-order valence-corrected chi connectivity index (χ1v) is 6.01. The molecule has 1 aromatic rings. The number of halogens is 1. The van der Waals surface area contributed by atoms with Crippen molar-refractivity contribution >= 4 is 28.8 Å². The van der Waals surface area contributed by atoms with Crippen molar-refractivity contribution in [3.63, 3.8) is 0 Å². The molecule has 0 aliphatic carbocycles. The maximum atomic E-state index is 11.7. The van der Waals surface area contributed by atoms with Gasteiger partial charge in [-0.05, 0) is 24.3 Å². The van der Waals surface area contributed by atoms with Crippen LogP contribution in [0.2, 0.25) is 5.02 Å². The van der Waals surface area contributed by atoms with E-state index in [1.807, 2.05) is 19.2 Å². The lowest BCUT2D eigenvalue weighted by molar-refractivity contribution is 0.0919. The molecule has 0 radical (unpaired) electrons. The smallest absolute Gasteiger partial charge is 0.263 e. The molecule has 0 aliphatic heterocycles. The lowest BCUT2D eigenvalue weighted by Crippen LogP contribution is -2.36. The van der Waals surface area contributed by atoms with Crippen molar-refractivity contribution in [3.05, 3.63) is 20.8 Å². The van der Waals surface area contributed by atoms with E-state index in [1.54, 1.807) is 0 Å². The van der Waals surface area contributed by atoms with Crippen LogP contribution in [-0.2, 0) is 0 Å². The van der Waals surface area contributed by atoms with Gasteiger partial charge in [0.15, 0.2) is 0 Å². The molecule has 1 rings (SSSR count). The van der Waals surface area contributed by atoms with Crippen LogP contribution in [0.1, 0.15) is 28.6 Å². The lowest BCUT2D eigenvalue weighted by atomic mass is 10.2. The fraction of sp³-hybridized carbons (Fsp3) is 0.500. The second kappa shape index (κ2) is 5.49. The fourth-order valence-electron chi connectivity index (χ4n) is 1.11. The number of nitrogens with one attached hydrogen (secondary N) is 1. The van der Waals surface area contributed by atoms with E-state index in [2.05, 4.69) is 5.32 Å². The standard InChI is InChI=1S/C10H14ClNO2S/c1-3-7(4-13)12-10(14)9-8(11)6(2)5-15-9/h5,7,13H,3-4H2,1-2H3,(H,12,14). The normalized spacial score (nSPS) is 12.5. The van der Waals surface area contributed by atoms with Gasteiger partial charge in [-0.2, -0.15) is 0 Å². The molecule has 1 aromatic heterocycles. The topological polar surface area (TPSA) is 49.3 Å². The molecule has 2 N–H and O–H groups in total. The molecule has 0 aromatic carbocycles. The molecule has 0 spiro atoms. The third kappa shape index (κ3) is 2.93. The number of amides is 1. The molecular formula is C10H14ClNO2S. The first kappa shape index (κ1) is 12.5. The van der Waals surface area contributed by atoms with Gasteiger partial charge in [0.25, 0.3) is 5.91 Å². The van der Waals surface area contributed by atoms with E-state index in [0.717, 1.165) is 5.56 Å². The molecule has 0 saturated heterocycles. The second-order valence-corrected chi connectivity index (χ2v) is 4.58. The van der Waals surface area contributed by atoms with Crippen molar-refractivity contribution in [2.24, 2.45) is 0 Å². The zero-order valence-corrected chi connectivity index (χ0v) is 10.3. The number of aliphatic hydroxyl groups excluding tert-OH is 1. The monoisotopic (exact) mass is 247 g/mol. The first-order chi connectivity index (χ1) is 7.10. The van der Waals surface area contributed by atoms with Crippen molar-refractivity contribution < 1.29 is 9.90 Å². The lowest BCUT2D eigenvalue weighted by Gasteiger charge is -2.13. The molecule has 3 nitrogen and oxygen atoms in total. The molecule has 1 amide bonds. The van der Waals surface area contributed by atoms with Crippen LogP contribution in [0.15, 0.2) is 5.38 Å². The van der Waals surface area contributed by atoms with E-state index in [-0.39, 0.29) is 18.6 Å². The van der Waals surface area contributed by atoms with Crippen LogP contribution in [0.25, 0.3) is 0 Å². The van der Waals surface area contributed by atoms with Crippen LogP contribution in [0.4, 0.5) is 0 Å². The summed E-state index contributed by atoms with van der Waals surface area (Å²) in [6.45, 7) is 3.71. The molecule has 0 aliphatic rings. The Bertz CT molecular complexity index is 347. The average molecular weight is 248 g/mol. The zero-order chi connectivity index (χ0) is 11.4. The maximum Gasteiger partial charge on any atom is 0.263 e. The summed E-state index contributed by atoms with van der Waals surface area (Å²) in [5, 5.41) is 14.0. The van der Waals surface area contributed by atoms with Gasteiger partial charge in [0.1, 0.15) is 4.88 Å². The highest BCUT2D eigenvalue weighted by atomic mass is 35.5. The largest absolute Gasteiger partial charge is 0.394 e. The highest BCUT2D eigenvalue weighted by Gasteiger charge is 2.16. The number of aliphatic hydroxyl groups is 1. The van der Waals surface area contributed by atoms with Crippen LogP contribution in [0.3, 0.4) is 0 Å². The summed E-state index contributed by atoms with van der Waals surface area (Å²) in [4.78, 5) is 12.2. The molecule has 1 heterocycles. The molecule has 5 heteroatoms. The summed E-state index contributed by atoms with van der Waals surface area (Å²) in [5.74, 6) is -0.209. The predicted molar refractivity (Wildman–Crippen MR) is 62.7 cm³/mol. The molecule has 84 valence electrons. The van der Waals surface area contributed by atoms with Gasteiger partial charge in [0, 0.05) is 0 Å². The number of hydrogen-bond donors (Lipinski definition) is 2. The van der Waals surface area contributed by atoms with Crippen LogP contribution in [0, 0.1) is 6.92 Å². The van der Waals surface area contributed by atoms with Crippen LogP contribution in [-0.4, -0.2) is 23.7 Å². The number of rotatable bonds is 4. The van der Waals surface area contributed by atoms with Crippen LogP contribution in [0.5, 0.6) is 0 Å². The van der Waals surface area contributed by atoms with Crippen LogP contribution < -0.4 is 5.32 Å². The SMILES string of the molecule is CCC(CO)NC(=O)c1scc(C)c1Cl. The second-order valence-electron chi connectivity index (χ2n) is 3.32. The Labute approximate surface area is 98.1 Å². The third-order valence-corrected chi connectivity index (χ3v) is 3.85.